The van der Waals surface area contributed by atoms with Crippen LogP contribution in [0.2, 0.25) is 0 Å². The van der Waals surface area contributed by atoms with Crippen molar-refractivity contribution >= 4 is 5.91 Å². The van der Waals surface area contributed by atoms with Gasteiger partial charge in [-0.25, -0.2) is 0 Å². The fourth-order valence-electron chi connectivity index (χ4n) is 4.11. The number of likely N-dealkylation sites (tertiary alicyclic amines) is 1. The van der Waals surface area contributed by atoms with Crippen LogP contribution < -0.4 is 0 Å². The van der Waals surface area contributed by atoms with Crippen LogP contribution in [0.5, 0.6) is 0 Å². The predicted octanol–water partition coefficient (Wildman–Crippen LogP) is 3.22. The van der Waals surface area contributed by atoms with Crippen LogP contribution in [0.4, 0.5) is 0 Å². The monoisotopic (exact) mass is 343 g/mol. The molecule has 0 radical (unpaired) electrons. The summed E-state index contributed by atoms with van der Waals surface area (Å²) >= 11 is 0. The highest BCUT2D eigenvalue weighted by atomic mass is 16.5. The summed E-state index contributed by atoms with van der Waals surface area (Å²) in [5, 5.41) is 0. The van der Waals surface area contributed by atoms with E-state index < -0.39 is 0 Å². The number of benzene rings is 1. The molecule has 1 aromatic carbocycles. The molecule has 2 heterocycles. The molecule has 4 nitrogen and oxygen atoms in total. The van der Waals surface area contributed by atoms with Gasteiger partial charge in [0.25, 0.3) is 0 Å². The zero-order valence-electron chi connectivity index (χ0n) is 15.0. The Hall–Kier alpha value is -1.65. The van der Waals surface area contributed by atoms with Crippen LogP contribution in [0.15, 0.2) is 43.0 Å². The van der Waals surface area contributed by atoms with Crippen LogP contribution in [-0.2, 0) is 20.7 Å². The van der Waals surface area contributed by atoms with E-state index in [1.807, 2.05) is 23.1 Å². The Balaban J connectivity index is 1.60. The first-order chi connectivity index (χ1) is 12.2. The SMILES string of the molecule is C=CCOC[C@]12CCCO[C@H]1CCN(C(=O)CCc1ccccc1)C2. The third-order valence-corrected chi connectivity index (χ3v) is 5.44. The molecule has 25 heavy (non-hydrogen) atoms. The Morgan fingerprint density at radius 3 is 3.04 bits per heavy atom. The minimum Gasteiger partial charge on any atom is -0.377 e. The zero-order chi connectivity index (χ0) is 17.5. The number of nitrogens with zero attached hydrogens (tertiary/aromatic N) is 1. The van der Waals surface area contributed by atoms with Gasteiger partial charge in [0.1, 0.15) is 0 Å². The molecule has 2 aliphatic rings. The summed E-state index contributed by atoms with van der Waals surface area (Å²) < 4.78 is 11.8. The molecule has 2 saturated heterocycles. The van der Waals surface area contributed by atoms with Gasteiger partial charge in [-0.15, -0.1) is 6.58 Å². The van der Waals surface area contributed by atoms with Gasteiger partial charge < -0.3 is 14.4 Å². The summed E-state index contributed by atoms with van der Waals surface area (Å²) in [4.78, 5) is 14.8. The van der Waals surface area contributed by atoms with E-state index in [2.05, 4.69) is 18.7 Å². The summed E-state index contributed by atoms with van der Waals surface area (Å²) in [5.41, 5.74) is 1.16. The van der Waals surface area contributed by atoms with Crippen molar-refractivity contribution in [3.63, 3.8) is 0 Å². The molecule has 3 rings (SSSR count). The van der Waals surface area contributed by atoms with Crippen molar-refractivity contribution in [1.29, 1.82) is 0 Å². The number of ether oxygens (including phenoxy) is 2. The molecule has 0 N–H and O–H groups in total. The lowest BCUT2D eigenvalue weighted by atomic mass is 9.73. The Bertz CT molecular complexity index is 574. The van der Waals surface area contributed by atoms with Gasteiger partial charge in [-0.05, 0) is 31.2 Å². The lowest BCUT2D eigenvalue weighted by molar-refractivity contribution is -0.163. The minimum absolute atomic E-state index is 0.0537. The lowest BCUT2D eigenvalue weighted by Crippen LogP contribution is -2.58. The number of fused-ring (bicyclic) bond motifs is 1. The van der Waals surface area contributed by atoms with Crippen molar-refractivity contribution in [2.75, 3.05) is 32.9 Å². The Morgan fingerprint density at radius 2 is 2.24 bits per heavy atom. The molecule has 0 aliphatic carbocycles. The van der Waals surface area contributed by atoms with Crippen LogP contribution in [0.25, 0.3) is 0 Å². The first-order valence-corrected chi connectivity index (χ1v) is 9.35. The average molecular weight is 343 g/mol. The van der Waals surface area contributed by atoms with Crippen LogP contribution in [-0.4, -0.2) is 49.8 Å². The van der Waals surface area contributed by atoms with Crippen LogP contribution in [0.1, 0.15) is 31.2 Å². The first kappa shape index (κ1) is 18.2. The van der Waals surface area contributed by atoms with Gasteiger partial charge in [0.05, 0.1) is 19.3 Å². The average Bonchev–Trinajstić information content (AvgIpc) is 2.66. The number of rotatable bonds is 7. The Morgan fingerprint density at radius 1 is 1.40 bits per heavy atom. The maximum absolute atomic E-state index is 12.7. The number of amides is 1. The van der Waals surface area contributed by atoms with Crippen molar-refractivity contribution in [3.8, 4) is 0 Å². The van der Waals surface area contributed by atoms with E-state index in [1.54, 1.807) is 6.08 Å². The predicted molar refractivity (Wildman–Crippen MR) is 98.4 cm³/mol. The van der Waals surface area contributed by atoms with E-state index in [0.717, 1.165) is 45.4 Å². The van der Waals surface area contributed by atoms with Crippen LogP contribution in [0, 0.1) is 5.41 Å². The number of carbonyl (C=O) groups excluding carboxylic acids is 1. The standard InChI is InChI=1S/C21H29NO3/c1-2-14-24-17-21-12-6-15-25-19(21)11-13-22(16-21)20(23)10-9-18-7-4-3-5-8-18/h2-5,7-8,19H,1,6,9-17H2/t19-,21+/m0/s1. The molecule has 4 heteroatoms. The topological polar surface area (TPSA) is 38.8 Å². The molecule has 2 aliphatic heterocycles. The maximum Gasteiger partial charge on any atom is 0.222 e. The summed E-state index contributed by atoms with van der Waals surface area (Å²) in [6.07, 6.45) is 6.38. The van der Waals surface area contributed by atoms with E-state index >= 15 is 0 Å². The maximum atomic E-state index is 12.7. The number of hydrogen-bond donors (Lipinski definition) is 0. The first-order valence-electron chi connectivity index (χ1n) is 9.35. The normalized spacial score (nSPS) is 26.1. The fourth-order valence-corrected chi connectivity index (χ4v) is 4.11. The van der Waals surface area contributed by atoms with E-state index in [-0.39, 0.29) is 17.4 Å². The fraction of sp³-hybridized carbons (Fsp3) is 0.571. The molecule has 2 atom stereocenters. The largest absolute Gasteiger partial charge is 0.377 e. The van der Waals surface area contributed by atoms with Gasteiger partial charge in [0.15, 0.2) is 0 Å². The number of piperidine rings is 1. The Labute approximate surface area is 150 Å². The molecule has 1 amide bonds. The molecular weight excluding hydrogens is 314 g/mol. The second-order valence-electron chi connectivity index (χ2n) is 7.22. The molecule has 0 bridgehead atoms. The summed E-state index contributed by atoms with van der Waals surface area (Å²) in [6.45, 7) is 7.29. The summed E-state index contributed by atoms with van der Waals surface area (Å²) in [6, 6.07) is 10.2. The molecule has 0 unspecified atom stereocenters. The van der Waals surface area contributed by atoms with Gasteiger partial charge in [-0.3, -0.25) is 4.79 Å². The van der Waals surface area contributed by atoms with Crippen LogP contribution >= 0.6 is 0 Å². The molecule has 136 valence electrons. The second kappa shape index (κ2) is 8.63. The number of hydrogen-bond acceptors (Lipinski definition) is 3. The van der Waals surface area contributed by atoms with Crippen molar-refractivity contribution in [2.45, 2.75) is 38.2 Å². The summed E-state index contributed by atoms with van der Waals surface area (Å²) in [5.74, 6) is 0.246. The molecule has 0 aromatic heterocycles. The van der Waals surface area contributed by atoms with Crippen molar-refractivity contribution in [2.24, 2.45) is 5.41 Å². The van der Waals surface area contributed by atoms with E-state index in [4.69, 9.17) is 9.47 Å². The van der Waals surface area contributed by atoms with E-state index in [9.17, 15) is 4.79 Å². The van der Waals surface area contributed by atoms with Gasteiger partial charge in [-0.2, -0.15) is 0 Å². The van der Waals surface area contributed by atoms with Crippen molar-refractivity contribution in [3.05, 3.63) is 48.6 Å². The van der Waals surface area contributed by atoms with Gasteiger partial charge in [-0.1, -0.05) is 36.4 Å². The van der Waals surface area contributed by atoms with E-state index in [0.29, 0.717) is 19.6 Å². The number of carbonyl (C=O) groups is 1. The Kier molecular flexibility index (Phi) is 6.27. The van der Waals surface area contributed by atoms with Gasteiger partial charge in [0.2, 0.25) is 5.91 Å². The molecule has 1 aromatic rings. The van der Waals surface area contributed by atoms with Gasteiger partial charge >= 0.3 is 0 Å². The highest BCUT2D eigenvalue weighted by Crippen LogP contribution is 2.40. The minimum atomic E-state index is -0.0537. The highest BCUT2D eigenvalue weighted by molar-refractivity contribution is 5.76. The molecule has 2 fully saturated rings. The van der Waals surface area contributed by atoms with E-state index in [1.165, 1.54) is 5.56 Å². The highest BCUT2D eigenvalue weighted by Gasteiger charge is 2.47. The van der Waals surface area contributed by atoms with Crippen molar-refractivity contribution < 1.29 is 14.3 Å². The second-order valence-corrected chi connectivity index (χ2v) is 7.22. The third-order valence-electron chi connectivity index (χ3n) is 5.44. The molecule has 0 saturated carbocycles. The van der Waals surface area contributed by atoms with Crippen molar-refractivity contribution in [1.82, 2.24) is 4.90 Å². The third kappa shape index (κ3) is 4.50. The van der Waals surface area contributed by atoms with Gasteiger partial charge in [0, 0.05) is 31.5 Å². The molecule has 0 spiro atoms. The quantitative estimate of drug-likeness (QED) is 0.564. The zero-order valence-corrected chi connectivity index (χ0v) is 15.0. The van der Waals surface area contributed by atoms with Crippen LogP contribution in [0.3, 0.4) is 0 Å². The number of aryl methyl sites for hydroxylation is 1. The molecular formula is C21H29NO3. The smallest absolute Gasteiger partial charge is 0.222 e. The summed E-state index contributed by atoms with van der Waals surface area (Å²) in [7, 11) is 0. The lowest BCUT2D eigenvalue weighted by Gasteiger charge is -2.50.